The molecule has 0 unspecified atom stereocenters. The van der Waals surface area contributed by atoms with Gasteiger partial charge in [-0.1, -0.05) is 0 Å². The van der Waals surface area contributed by atoms with Gasteiger partial charge in [-0.3, -0.25) is 0 Å². The van der Waals surface area contributed by atoms with Crippen LogP contribution in [-0.2, 0) is 0 Å². The summed E-state index contributed by atoms with van der Waals surface area (Å²) in [5, 5.41) is 24.5. The van der Waals surface area contributed by atoms with Crippen molar-refractivity contribution in [3.63, 3.8) is 0 Å². The average Bonchev–Trinajstić information content (AvgIpc) is 2.99. The number of carbonyl (C=O) groups is 1. The van der Waals surface area contributed by atoms with Gasteiger partial charge in [-0.25, -0.2) is 14.8 Å². The molecule has 1 saturated heterocycles. The average molecular weight is 359 g/mol. The van der Waals surface area contributed by atoms with E-state index in [4.69, 9.17) is 5.11 Å². The van der Waals surface area contributed by atoms with Gasteiger partial charge in [0.1, 0.15) is 16.9 Å². The van der Waals surface area contributed by atoms with Crippen molar-refractivity contribution in [1.29, 1.82) is 5.26 Å². The lowest BCUT2D eigenvalue weighted by molar-refractivity contribution is 0.188. The van der Waals surface area contributed by atoms with Gasteiger partial charge in [-0.15, -0.1) is 0 Å². The van der Waals surface area contributed by atoms with E-state index in [0.29, 0.717) is 18.2 Å². The summed E-state index contributed by atoms with van der Waals surface area (Å²) in [7, 11) is 0. The molecule has 9 nitrogen and oxygen atoms in total. The van der Waals surface area contributed by atoms with Crippen LogP contribution >= 0.6 is 11.5 Å². The lowest BCUT2D eigenvalue weighted by Gasteiger charge is -2.33. The van der Waals surface area contributed by atoms with Gasteiger partial charge >= 0.3 is 6.09 Å². The van der Waals surface area contributed by atoms with Crippen molar-refractivity contribution in [3.8, 4) is 6.07 Å². The number of anilines is 3. The van der Waals surface area contributed by atoms with Crippen molar-refractivity contribution in [2.45, 2.75) is 25.8 Å². The summed E-state index contributed by atoms with van der Waals surface area (Å²) < 4.78 is 4.19. The molecule has 0 bridgehead atoms. The van der Waals surface area contributed by atoms with Crippen LogP contribution in [0.3, 0.4) is 0 Å². The minimum absolute atomic E-state index is 0.149. The van der Waals surface area contributed by atoms with Crippen LogP contribution in [0, 0.1) is 18.3 Å². The molecule has 3 rings (SSSR count). The zero-order chi connectivity index (χ0) is 17.8. The summed E-state index contributed by atoms with van der Waals surface area (Å²) in [6.07, 6.45) is 2.16. The lowest BCUT2D eigenvalue weighted by Crippen LogP contribution is -2.47. The first kappa shape index (κ1) is 16.9. The molecular weight excluding hydrogens is 342 g/mol. The molecule has 1 amide bonds. The van der Waals surface area contributed by atoms with E-state index in [9.17, 15) is 10.1 Å². The van der Waals surface area contributed by atoms with Crippen LogP contribution < -0.4 is 15.5 Å². The number of nitrogens with zero attached hydrogens (tertiary/aromatic N) is 5. The summed E-state index contributed by atoms with van der Waals surface area (Å²) in [6, 6.07) is 3.75. The van der Waals surface area contributed by atoms with Crippen molar-refractivity contribution in [2.75, 3.05) is 23.3 Å². The Bertz CT molecular complexity index is 816. The minimum atomic E-state index is -1.03. The zero-order valence-corrected chi connectivity index (χ0v) is 14.4. The van der Waals surface area contributed by atoms with E-state index in [1.54, 1.807) is 6.20 Å². The van der Waals surface area contributed by atoms with Crippen LogP contribution in [0.4, 0.5) is 21.4 Å². The number of aryl methyl sites for hydroxylation is 1. The van der Waals surface area contributed by atoms with E-state index < -0.39 is 6.09 Å². The molecule has 3 N–H and O–H groups in total. The first-order chi connectivity index (χ1) is 12.0. The highest BCUT2D eigenvalue weighted by Gasteiger charge is 2.23. The molecule has 1 aliphatic rings. The first-order valence-corrected chi connectivity index (χ1v) is 8.54. The second-order valence-corrected chi connectivity index (χ2v) is 6.53. The topological polar surface area (TPSA) is 127 Å². The first-order valence-electron chi connectivity index (χ1n) is 7.77. The van der Waals surface area contributed by atoms with Gasteiger partial charge < -0.3 is 20.6 Å². The highest BCUT2D eigenvalue weighted by molar-refractivity contribution is 7.10. The van der Waals surface area contributed by atoms with Crippen LogP contribution in [0.5, 0.6) is 0 Å². The molecule has 1 aliphatic heterocycles. The van der Waals surface area contributed by atoms with Crippen LogP contribution in [0.1, 0.15) is 24.2 Å². The van der Waals surface area contributed by atoms with Crippen LogP contribution in [0.15, 0.2) is 12.3 Å². The number of carboxylic acid groups (broad SMARTS) is 1. The maximum absolute atomic E-state index is 10.8. The summed E-state index contributed by atoms with van der Waals surface area (Å²) in [5.74, 6) is 0.983. The van der Waals surface area contributed by atoms with E-state index in [2.05, 4.69) is 25.0 Å². The van der Waals surface area contributed by atoms with Crippen molar-refractivity contribution in [1.82, 2.24) is 19.7 Å². The molecular formula is C15H17N7O2S. The fraction of sp³-hybridized carbons (Fsp3) is 0.400. The van der Waals surface area contributed by atoms with E-state index in [1.807, 2.05) is 24.0 Å². The van der Waals surface area contributed by atoms with Crippen molar-refractivity contribution in [3.05, 3.63) is 23.7 Å². The van der Waals surface area contributed by atoms with Gasteiger partial charge in [0.15, 0.2) is 11.5 Å². The number of hydrogen-bond acceptors (Lipinski definition) is 8. The van der Waals surface area contributed by atoms with Gasteiger partial charge in [0.25, 0.3) is 0 Å². The van der Waals surface area contributed by atoms with Gasteiger partial charge in [0.05, 0.1) is 11.9 Å². The van der Waals surface area contributed by atoms with Gasteiger partial charge in [-0.2, -0.15) is 9.64 Å². The van der Waals surface area contributed by atoms with Gasteiger partial charge in [0.2, 0.25) is 0 Å². The summed E-state index contributed by atoms with van der Waals surface area (Å²) >= 11 is 1.29. The smallest absolute Gasteiger partial charge is 0.404 e. The third-order valence-electron chi connectivity index (χ3n) is 3.81. The number of piperidine rings is 1. The van der Waals surface area contributed by atoms with E-state index in [-0.39, 0.29) is 11.7 Å². The second-order valence-electron chi connectivity index (χ2n) is 5.73. The summed E-state index contributed by atoms with van der Waals surface area (Å²) in [5.41, 5.74) is 1.08. The maximum Gasteiger partial charge on any atom is 0.404 e. The molecule has 1 fully saturated rings. The number of amides is 1. The Morgan fingerprint density at radius 1 is 1.56 bits per heavy atom. The molecule has 130 valence electrons. The quantitative estimate of drug-likeness (QED) is 0.757. The molecule has 10 heteroatoms. The van der Waals surface area contributed by atoms with Crippen LogP contribution in [0.2, 0.25) is 0 Å². The predicted octanol–water partition coefficient (Wildman–Crippen LogP) is 2.09. The predicted molar refractivity (Wildman–Crippen MR) is 93.3 cm³/mol. The molecule has 2 aromatic heterocycles. The highest BCUT2D eigenvalue weighted by atomic mass is 32.1. The Hall–Kier alpha value is -2.93. The van der Waals surface area contributed by atoms with E-state index in [0.717, 1.165) is 30.1 Å². The van der Waals surface area contributed by atoms with E-state index >= 15 is 0 Å². The monoisotopic (exact) mass is 359 g/mol. The number of aromatic nitrogens is 3. The largest absolute Gasteiger partial charge is 0.465 e. The minimum Gasteiger partial charge on any atom is -0.465 e. The van der Waals surface area contributed by atoms with Crippen molar-refractivity contribution in [2.24, 2.45) is 0 Å². The molecule has 3 heterocycles. The van der Waals surface area contributed by atoms with Crippen LogP contribution in [-0.4, -0.2) is 44.7 Å². The van der Waals surface area contributed by atoms with Crippen molar-refractivity contribution < 1.29 is 9.90 Å². The Morgan fingerprint density at radius 2 is 2.40 bits per heavy atom. The molecule has 0 aliphatic carbocycles. The van der Waals surface area contributed by atoms with Gasteiger partial charge in [0, 0.05) is 19.1 Å². The molecule has 2 aromatic rings. The normalized spacial score (nSPS) is 17.0. The Kier molecular flexibility index (Phi) is 4.95. The van der Waals surface area contributed by atoms with Crippen LogP contribution in [0.25, 0.3) is 0 Å². The second kappa shape index (κ2) is 7.31. The summed E-state index contributed by atoms with van der Waals surface area (Å²) in [6.45, 7) is 3.17. The number of hydrogen-bond donors (Lipinski definition) is 3. The third-order valence-corrected chi connectivity index (χ3v) is 4.60. The fourth-order valence-corrected chi connectivity index (χ4v) is 3.38. The molecule has 25 heavy (non-hydrogen) atoms. The van der Waals surface area contributed by atoms with E-state index in [1.165, 1.54) is 11.5 Å². The standard InChI is InChI=1S/C15H17N7O2S/c1-9-5-13(25-21-9)20-14-11(6-16)17-7-12(19-14)22-4-2-3-10(8-22)18-15(23)24/h5,7,10,18H,2-4,8H2,1H3,(H,19,20)(H,23,24)/t10-/m1/s1. The van der Waals surface area contributed by atoms with Crippen molar-refractivity contribution >= 4 is 34.3 Å². The molecule has 0 spiro atoms. The summed E-state index contributed by atoms with van der Waals surface area (Å²) in [4.78, 5) is 21.5. The molecule has 0 saturated carbocycles. The fourth-order valence-electron chi connectivity index (χ4n) is 2.72. The Labute approximate surface area is 148 Å². The third kappa shape index (κ3) is 4.13. The highest BCUT2D eigenvalue weighted by Crippen LogP contribution is 2.25. The lowest BCUT2D eigenvalue weighted by atomic mass is 10.1. The van der Waals surface area contributed by atoms with Gasteiger partial charge in [-0.05, 0) is 37.4 Å². The Morgan fingerprint density at radius 3 is 3.08 bits per heavy atom. The maximum atomic E-state index is 10.8. The number of rotatable bonds is 4. The molecule has 0 aromatic carbocycles. The zero-order valence-electron chi connectivity index (χ0n) is 13.6. The molecule has 0 radical (unpaired) electrons. The SMILES string of the molecule is Cc1cc(Nc2nc(N3CCC[C@@H](NC(=O)O)C3)cnc2C#N)sn1. The number of nitrogens with one attached hydrogen (secondary N) is 2. The molecule has 1 atom stereocenters. The Balaban J connectivity index is 1.81. The number of nitriles is 1.